The highest BCUT2D eigenvalue weighted by Gasteiger charge is 2.13. The van der Waals surface area contributed by atoms with Gasteiger partial charge in [0.1, 0.15) is 0 Å². The second kappa shape index (κ2) is 5.76. The highest BCUT2D eigenvalue weighted by molar-refractivity contribution is 5.95. The summed E-state index contributed by atoms with van der Waals surface area (Å²) < 4.78 is 0. The Balaban J connectivity index is 2.79. The lowest BCUT2D eigenvalue weighted by Gasteiger charge is -2.04. The van der Waals surface area contributed by atoms with E-state index >= 15 is 0 Å². The number of hydrogen-bond donors (Lipinski definition) is 2. The molecule has 7 heteroatoms. The molecule has 0 aliphatic rings. The summed E-state index contributed by atoms with van der Waals surface area (Å²) in [5.74, 6) is -1.55. The van der Waals surface area contributed by atoms with Crippen molar-refractivity contribution in [3.63, 3.8) is 0 Å². The van der Waals surface area contributed by atoms with Crippen molar-refractivity contribution in [2.45, 2.75) is 13.3 Å². The first-order valence-corrected chi connectivity index (χ1v) is 5.16. The van der Waals surface area contributed by atoms with E-state index in [-0.39, 0.29) is 24.2 Å². The number of nitro benzene ring substituents is 1. The molecule has 1 aromatic rings. The Kier molecular flexibility index (Phi) is 4.36. The maximum atomic E-state index is 11.6. The van der Waals surface area contributed by atoms with E-state index in [1.54, 1.807) is 6.92 Å². The predicted octanol–water partition coefficient (Wildman–Crippen LogP) is 1.11. The van der Waals surface area contributed by atoms with E-state index in [0.717, 1.165) is 6.07 Å². The van der Waals surface area contributed by atoms with Crippen LogP contribution in [0.25, 0.3) is 0 Å². The van der Waals surface area contributed by atoms with Crippen LogP contribution in [0.3, 0.4) is 0 Å². The SMILES string of the molecule is Cc1cc(C(=O)NCCC(=O)O)cc([N+](=O)[O-])c1. The predicted molar refractivity (Wildman–Crippen MR) is 62.4 cm³/mol. The maximum Gasteiger partial charge on any atom is 0.305 e. The standard InChI is InChI=1S/C11H12N2O5/c1-7-4-8(6-9(5-7)13(17)18)11(16)12-3-2-10(14)15/h4-6H,2-3H2,1H3,(H,12,16)(H,14,15). The van der Waals surface area contributed by atoms with Crippen LogP contribution in [0.5, 0.6) is 0 Å². The second-order valence-corrected chi connectivity index (χ2v) is 3.71. The van der Waals surface area contributed by atoms with E-state index in [4.69, 9.17) is 5.11 Å². The zero-order valence-electron chi connectivity index (χ0n) is 9.67. The van der Waals surface area contributed by atoms with Gasteiger partial charge in [-0.1, -0.05) is 0 Å². The van der Waals surface area contributed by atoms with Crippen molar-refractivity contribution in [1.82, 2.24) is 5.32 Å². The summed E-state index contributed by atoms with van der Waals surface area (Å²) in [4.78, 5) is 31.9. The molecule has 0 bridgehead atoms. The Hall–Kier alpha value is -2.44. The lowest BCUT2D eigenvalue weighted by atomic mass is 10.1. The summed E-state index contributed by atoms with van der Waals surface area (Å²) in [6.45, 7) is 1.62. The lowest BCUT2D eigenvalue weighted by molar-refractivity contribution is -0.384. The number of amides is 1. The number of carbonyl (C=O) groups is 2. The van der Waals surface area contributed by atoms with E-state index in [1.165, 1.54) is 12.1 Å². The average Bonchev–Trinajstić information content (AvgIpc) is 2.27. The average molecular weight is 252 g/mol. The molecule has 0 fully saturated rings. The molecule has 1 aromatic carbocycles. The number of nitrogens with zero attached hydrogens (tertiary/aromatic N) is 1. The number of non-ortho nitro benzene ring substituents is 1. The molecule has 0 spiro atoms. The van der Waals surface area contributed by atoms with Crippen molar-refractivity contribution in [2.75, 3.05) is 6.54 Å². The van der Waals surface area contributed by atoms with E-state index in [1.807, 2.05) is 0 Å². The minimum Gasteiger partial charge on any atom is -0.481 e. The van der Waals surface area contributed by atoms with Crippen LogP contribution in [-0.4, -0.2) is 28.5 Å². The summed E-state index contributed by atoms with van der Waals surface area (Å²) in [6, 6.07) is 4.01. The summed E-state index contributed by atoms with van der Waals surface area (Å²) in [5.41, 5.74) is 0.568. The van der Waals surface area contributed by atoms with Crippen molar-refractivity contribution in [1.29, 1.82) is 0 Å². The first kappa shape index (κ1) is 13.6. The van der Waals surface area contributed by atoms with Gasteiger partial charge in [0.2, 0.25) is 0 Å². The van der Waals surface area contributed by atoms with Gasteiger partial charge in [-0.15, -0.1) is 0 Å². The van der Waals surface area contributed by atoms with Crippen molar-refractivity contribution in [3.05, 3.63) is 39.4 Å². The zero-order chi connectivity index (χ0) is 13.7. The second-order valence-electron chi connectivity index (χ2n) is 3.71. The Morgan fingerprint density at radius 3 is 2.61 bits per heavy atom. The van der Waals surface area contributed by atoms with Gasteiger partial charge in [0.05, 0.1) is 11.3 Å². The molecule has 0 radical (unpaired) electrons. The van der Waals surface area contributed by atoms with Crippen LogP contribution in [-0.2, 0) is 4.79 Å². The smallest absolute Gasteiger partial charge is 0.305 e. The fraction of sp³-hybridized carbons (Fsp3) is 0.273. The largest absolute Gasteiger partial charge is 0.481 e. The van der Waals surface area contributed by atoms with E-state index < -0.39 is 16.8 Å². The highest BCUT2D eigenvalue weighted by Crippen LogP contribution is 2.16. The maximum absolute atomic E-state index is 11.6. The number of aryl methyl sites for hydroxylation is 1. The van der Waals surface area contributed by atoms with Gasteiger partial charge in [-0.3, -0.25) is 19.7 Å². The summed E-state index contributed by atoms with van der Waals surface area (Å²) in [6.07, 6.45) is -0.195. The zero-order valence-corrected chi connectivity index (χ0v) is 9.67. The third-order valence-corrected chi connectivity index (χ3v) is 2.16. The molecule has 0 heterocycles. The molecule has 0 unspecified atom stereocenters. The quantitative estimate of drug-likeness (QED) is 0.602. The molecule has 0 aromatic heterocycles. The van der Waals surface area contributed by atoms with Gasteiger partial charge in [-0.25, -0.2) is 0 Å². The molecule has 1 amide bonds. The topological polar surface area (TPSA) is 110 Å². The number of carboxylic acid groups (broad SMARTS) is 1. The van der Waals surface area contributed by atoms with Gasteiger partial charge in [-0.05, 0) is 18.6 Å². The van der Waals surface area contributed by atoms with Crippen LogP contribution >= 0.6 is 0 Å². The first-order valence-electron chi connectivity index (χ1n) is 5.16. The lowest BCUT2D eigenvalue weighted by Crippen LogP contribution is -2.26. The van der Waals surface area contributed by atoms with Gasteiger partial charge in [0.15, 0.2) is 0 Å². The van der Waals surface area contributed by atoms with Crippen molar-refractivity contribution in [3.8, 4) is 0 Å². The summed E-state index contributed by atoms with van der Waals surface area (Å²) in [7, 11) is 0. The minimum atomic E-state index is -1.02. The number of carbonyl (C=O) groups excluding carboxylic acids is 1. The Labute approximate surface area is 103 Å². The molecule has 96 valence electrons. The number of carboxylic acids is 1. The van der Waals surface area contributed by atoms with Crippen molar-refractivity contribution >= 4 is 17.6 Å². The highest BCUT2D eigenvalue weighted by atomic mass is 16.6. The molecule has 0 aliphatic heterocycles. The molecule has 7 nitrogen and oxygen atoms in total. The number of hydrogen-bond acceptors (Lipinski definition) is 4. The van der Waals surface area contributed by atoms with E-state index in [0.29, 0.717) is 5.56 Å². The van der Waals surface area contributed by atoms with Gasteiger partial charge >= 0.3 is 5.97 Å². The minimum absolute atomic E-state index is 0.0180. The number of aliphatic carboxylic acids is 1. The third kappa shape index (κ3) is 3.85. The molecular formula is C11H12N2O5. The van der Waals surface area contributed by atoms with Crippen LogP contribution in [0.4, 0.5) is 5.69 Å². The fourth-order valence-electron chi connectivity index (χ4n) is 1.38. The third-order valence-electron chi connectivity index (χ3n) is 2.16. The molecule has 18 heavy (non-hydrogen) atoms. The van der Waals surface area contributed by atoms with Gasteiger partial charge in [0.25, 0.3) is 11.6 Å². The van der Waals surface area contributed by atoms with E-state index in [2.05, 4.69) is 5.32 Å². The van der Waals surface area contributed by atoms with Gasteiger partial charge in [0, 0.05) is 24.2 Å². The molecule has 1 rings (SSSR count). The van der Waals surface area contributed by atoms with Crippen LogP contribution in [0, 0.1) is 17.0 Å². The van der Waals surface area contributed by atoms with Crippen molar-refractivity contribution in [2.24, 2.45) is 0 Å². The van der Waals surface area contributed by atoms with Crippen LogP contribution in [0.15, 0.2) is 18.2 Å². The van der Waals surface area contributed by atoms with Gasteiger partial charge < -0.3 is 10.4 Å². The van der Waals surface area contributed by atoms with Gasteiger partial charge in [-0.2, -0.15) is 0 Å². The molecular weight excluding hydrogens is 240 g/mol. The van der Waals surface area contributed by atoms with Crippen molar-refractivity contribution < 1.29 is 19.6 Å². The normalized spacial score (nSPS) is 9.83. The van der Waals surface area contributed by atoms with E-state index in [9.17, 15) is 19.7 Å². The number of benzene rings is 1. The number of nitrogens with one attached hydrogen (secondary N) is 1. The molecule has 0 saturated carbocycles. The van der Waals surface area contributed by atoms with Crippen LogP contribution in [0.1, 0.15) is 22.3 Å². The molecule has 0 saturated heterocycles. The first-order chi connectivity index (χ1) is 8.40. The number of rotatable bonds is 5. The number of nitro groups is 1. The van der Waals surface area contributed by atoms with Crippen LogP contribution < -0.4 is 5.32 Å². The fourth-order valence-corrected chi connectivity index (χ4v) is 1.38. The molecule has 0 aliphatic carbocycles. The summed E-state index contributed by atoms with van der Waals surface area (Å²) in [5, 5.41) is 21.4. The van der Waals surface area contributed by atoms with Crippen LogP contribution in [0.2, 0.25) is 0 Å². The Bertz CT molecular complexity index is 498. The molecule has 0 atom stereocenters. The Morgan fingerprint density at radius 2 is 2.06 bits per heavy atom. The monoisotopic (exact) mass is 252 g/mol. The molecule has 2 N–H and O–H groups in total. The summed E-state index contributed by atoms with van der Waals surface area (Å²) >= 11 is 0. The Morgan fingerprint density at radius 1 is 1.39 bits per heavy atom.